The molecule has 0 spiro atoms. The van der Waals surface area contributed by atoms with Gasteiger partial charge < -0.3 is 5.73 Å². The molecule has 0 radical (unpaired) electrons. The molecule has 0 saturated carbocycles. The van der Waals surface area contributed by atoms with Crippen molar-refractivity contribution in [2.24, 2.45) is 5.73 Å². The molecule has 0 aromatic heterocycles. The molecule has 0 unspecified atom stereocenters. The van der Waals surface area contributed by atoms with Gasteiger partial charge in [-0.25, -0.2) is 8.78 Å². The van der Waals surface area contributed by atoms with Crippen LogP contribution in [0.25, 0.3) is 0 Å². The highest BCUT2D eigenvalue weighted by Crippen LogP contribution is 2.30. The Hall–Kier alpha value is -0.700. The zero-order valence-electron chi connectivity index (χ0n) is 7.82. The van der Waals surface area contributed by atoms with Crippen molar-refractivity contribution in [1.29, 1.82) is 0 Å². The maximum absolute atomic E-state index is 12.9. The molecule has 0 aromatic carbocycles. The van der Waals surface area contributed by atoms with E-state index in [1.165, 1.54) is 0 Å². The van der Waals surface area contributed by atoms with E-state index in [4.69, 9.17) is 5.73 Å². The molecule has 0 aromatic rings. The van der Waals surface area contributed by atoms with Gasteiger partial charge in [-0.05, 0) is 25.8 Å². The second kappa shape index (κ2) is 4.01. The van der Waals surface area contributed by atoms with Gasteiger partial charge in [0.2, 0.25) is 0 Å². The van der Waals surface area contributed by atoms with Crippen LogP contribution in [-0.4, -0.2) is 12.5 Å². The zero-order valence-corrected chi connectivity index (χ0v) is 7.82. The standard InChI is InChI=1S/C10H15F2N/c1-10(11,12)9-4-2-3-8(7-9)5-6-13/h4,7H,2-3,5-6,13H2,1H3. The summed E-state index contributed by atoms with van der Waals surface area (Å²) in [5.74, 6) is -2.71. The first-order valence-corrected chi connectivity index (χ1v) is 4.52. The molecule has 13 heavy (non-hydrogen) atoms. The molecule has 3 heteroatoms. The monoisotopic (exact) mass is 187 g/mol. The lowest BCUT2D eigenvalue weighted by Crippen LogP contribution is -2.15. The number of hydrogen-bond acceptors (Lipinski definition) is 1. The van der Waals surface area contributed by atoms with E-state index in [9.17, 15) is 8.78 Å². The first-order chi connectivity index (χ1) is 6.04. The molecule has 0 atom stereocenters. The minimum Gasteiger partial charge on any atom is -0.330 e. The molecule has 0 fully saturated rings. The smallest absolute Gasteiger partial charge is 0.270 e. The molecular weight excluding hydrogens is 172 g/mol. The molecule has 0 saturated heterocycles. The fraction of sp³-hybridized carbons (Fsp3) is 0.600. The van der Waals surface area contributed by atoms with Crippen molar-refractivity contribution < 1.29 is 8.78 Å². The van der Waals surface area contributed by atoms with Crippen LogP contribution >= 0.6 is 0 Å². The van der Waals surface area contributed by atoms with E-state index in [1.54, 1.807) is 12.2 Å². The fourth-order valence-corrected chi connectivity index (χ4v) is 1.45. The topological polar surface area (TPSA) is 26.0 Å². The van der Waals surface area contributed by atoms with Gasteiger partial charge in [0.1, 0.15) is 0 Å². The van der Waals surface area contributed by atoms with Crippen LogP contribution in [0.2, 0.25) is 0 Å². The van der Waals surface area contributed by atoms with Gasteiger partial charge in [-0.15, -0.1) is 0 Å². The lowest BCUT2D eigenvalue weighted by molar-refractivity contribution is 0.0666. The highest BCUT2D eigenvalue weighted by atomic mass is 19.3. The largest absolute Gasteiger partial charge is 0.330 e. The summed E-state index contributed by atoms with van der Waals surface area (Å²) < 4.78 is 25.8. The average Bonchev–Trinajstić information content (AvgIpc) is 2.04. The zero-order chi connectivity index (χ0) is 9.90. The Morgan fingerprint density at radius 3 is 2.77 bits per heavy atom. The van der Waals surface area contributed by atoms with Gasteiger partial charge in [-0.3, -0.25) is 0 Å². The van der Waals surface area contributed by atoms with Gasteiger partial charge in [-0.2, -0.15) is 0 Å². The van der Waals surface area contributed by atoms with E-state index in [0.29, 0.717) is 13.0 Å². The van der Waals surface area contributed by atoms with E-state index in [0.717, 1.165) is 25.3 Å². The molecular formula is C10H15F2N. The van der Waals surface area contributed by atoms with Crippen LogP contribution in [0.5, 0.6) is 0 Å². The summed E-state index contributed by atoms with van der Waals surface area (Å²) in [7, 11) is 0. The van der Waals surface area contributed by atoms with Crippen LogP contribution in [0.15, 0.2) is 23.3 Å². The quantitative estimate of drug-likeness (QED) is 0.722. The number of alkyl halides is 2. The van der Waals surface area contributed by atoms with Crippen molar-refractivity contribution in [2.45, 2.75) is 32.1 Å². The normalized spacial score (nSPS) is 18.2. The number of halogens is 2. The third-order valence-electron chi connectivity index (χ3n) is 2.16. The average molecular weight is 187 g/mol. The molecule has 1 nitrogen and oxygen atoms in total. The van der Waals surface area contributed by atoms with Crippen molar-refractivity contribution >= 4 is 0 Å². The summed E-state index contributed by atoms with van der Waals surface area (Å²) in [6, 6.07) is 0. The van der Waals surface area contributed by atoms with Crippen molar-refractivity contribution in [3.8, 4) is 0 Å². The Labute approximate surface area is 77.3 Å². The van der Waals surface area contributed by atoms with Gasteiger partial charge in [-0.1, -0.05) is 17.7 Å². The van der Waals surface area contributed by atoms with Crippen molar-refractivity contribution in [2.75, 3.05) is 6.54 Å². The number of nitrogens with two attached hydrogens (primary N) is 1. The maximum atomic E-state index is 12.9. The Morgan fingerprint density at radius 2 is 2.23 bits per heavy atom. The van der Waals surface area contributed by atoms with Crippen molar-refractivity contribution in [3.63, 3.8) is 0 Å². The SMILES string of the molecule is CC(F)(F)C1=CCCC(CCN)=C1. The molecule has 1 aliphatic carbocycles. The second-order valence-electron chi connectivity index (χ2n) is 3.43. The number of hydrogen-bond donors (Lipinski definition) is 1. The molecule has 0 amide bonds. The van der Waals surface area contributed by atoms with Crippen LogP contribution in [-0.2, 0) is 0 Å². The van der Waals surface area contributed by atoms with Crippen molar-refractivity contribution in [3.05, 3.63) is 23.3 Å². The van der Waals surface area contributed by atoms with Gasteiger partial charge >= 0.3 is 0 Å². The molecule has 0 aliphatic heterocycles. The first-order valence-electron chi connectivity index (χ1n) is 4.52. The summed E-state index contributed by atoms with van der Waals surface area (Å²) in [5, 5.41) is 0. The predicted molar refractivity (Wildman–Crippen MR) is 49.7 cm³/mol. The lowest BCUT2D eigenvalue weighted by atomic mass is 9.94. The van der Waals surface area contributed by atoms with E-state index in [-0.39, 0.29) is 5.57 Å². The van der Waals surface area contributed by atoms with Gasteiger partial charge in [0.25, 0.3) is 5.92 Å². The number of rotatable bonds is 3. The van der Waals surface area contributed by atoms with Crippen LogP contribution in [0, 0.1) is 0 Å². The van der Waals surface area contributed by atoms with Crippen LogP contribution in [0.1, 0.15) is 26.2 Å². The third-order valence-corrected chi connectivity index (χ3v) is 2.16. The van der Waals surface area contributed by atoms with Crippen LogP contribution < -0.4 is 5.73 Å². The van der Waals surface area contributed by atoms with Crippen LogP contribution in [0.4, 0.5) is 8.78 Å². The summed E-state index contributed by atoms with van der Waals surface area (Å²) in [4.78, 5) is 0. The van der Waals surface area contributed by atoms with E-state index >= 15 is 0 Å². The van der Waals surface area contributed by atoms with E-state index in [1.807, 2.05) is 0 Å². The Kier molecular flexibility index (Phi) is 3.20. The third kappa shape index (κ3) is 2.92. The van der Waals surface area contributed by atoms with E-state index in [2.05, 4.69) is 0 Å². The molecule has 74 valence electrons. The molecule has 2 N–H and O–H groups in total. The summed E-state index contributed by atoms with van der Waals surface area (Å²) in [6.07, 6.45) is 5.52. The molecule has 0 heterocycles. The summed E-state index contributed by atoms with van der Waals surface area (Å²) in [5.41, 5.74) is 6.55. The molecule has 1 aliphatic rings. The highest BCUT2D eigenvalue weighted by molar-refractivity contribution is 5.32. The summed E-state index contributed by atoms with van der Waals surface area (Å²) in [6.45, 7) is 1.47. The van der Waals surface area contributed by atoms with Crippen LogP contribution in [0.3, 0.4) is 0 Å². The van der Waals surface area contributed by atoms with Gasteiger partial charge in [0.05, 0.1) is 0 Å². The van der Waals surface area contributed by atoms with Crippen molar-refractivity contribution in [1.82, 2.24) is 0 Å². The Bertz CT molecular complexity index is 236. The predicted octanol–water partition coefficient (Wildman–Crippen LogP) is 2.64. The van der Waals surface area contributed by atoms with Gasteiger partial charge in [0, 0.05) is 12.5 Å². The second-order valence-corrected chi connectivity index (χ2v) is 3.43. The fourth-order valence-electron chi connectivity index (χ4n) is 1.45. The number of allylic oxidation sites excluding steroid dienone is 3. The lowest BCUT2D eigenvalue weighted by Gasteiger charge is -2.18. The maximum Gasteiger partial charge on any atom is 0.270 e. The minimum absolute atomic E-state index is 0.141. The first kappa shape index (κ1) is 10.4. The van der Waals surface area contributed by atoms with Gasteiger partial charge in [0.15, 0.2) is 0 Å². The summed E-state index contributed by atoms with van der Waals surface area (Å²) >= 11 is 0. The molecule has 1 rings (SSSR count). The highest BCUT2D eigenvalue weighted by Gasteiger charge is 2.26. The van der Waals surface area contributed by atoms with E-state index < -0.39 is 5.92 Å². The minimum atomic E-state index is -2.71. The molecule has 0 bridgehead atoms. The Morgan fingerprint density at radius 1 is 1.54 bits per heavy atom. The Balaban J connectivity index is 2.73.